The van der Waals surface area contributed by atoms with Gasteiger partial charge in [-0.25, -0.2) is 4.79 Å². The van der Waals surface area contributed by atoms with Gasteiger partial charge in [-0.05, 0) is 72.9 Å². The van der Waals surface area contributed by atoms with Gasteiger partial charge in [-0.2, -0.15) is 0 Å². The number of alkyl carbamates (subject to hydrolysis) is 1. The number of aryl methyl sites for hydroxylation is 2. The van der Waals surface area contributed by atoms with Crippen molar-refractivity contribution in [1.82, 2.24) is 15.5 Å². The third-order valence-electron chi connectivity index (χ3n) is 4.92. The SMILES string of the molecule is CCCN(C(=O)C(CC(N)=O)NC(=O)OC(C)(C)C)C(C(=O)NC(C)(C)C)c1ccc(C)cc1C. The Kier molecular flexibility index (Phi) is 10.3. The Morgan fingerprint density at radius 2 is 1.66 bits per heavy atom. The number of primary amides is 1. The Labute approximate surface area is 209 Å². The van der Waals surface area contributed by atoms with Gasteiger partial charge in [-0.1, -0.05) is 30.7 Å². The number of ether oxygens (including phenoxy) is 1. The fourth-order valence-corrected chi connectivity index (χ4v) is 3.68. The molecule has 1 aromatic rings. The molecule has 196 valence electrons. The summed E-state index contributed by atoms with van der Waals surface area (Å²) in [7, 11) is 0. The van der Waals surface area contributed by atoms with E-state index in [1.54, 1.807) is 20.8 Å². The summed E-state index contributed by atoms with van der Waals surface area (Å²) >= 11 is 0. The lowest BCUT2D eigenvalue weighted by atomic mass is 9.95. The third-order valence-corrected chi connectivity index (χ3v) is 4.92. The van der Waals surface area contributed by atoms with Crippen molar-refractivity contribution in [3.05, 3.63) is 34.9 Å². The van der Waals surface area contributed by atoms with Crippen LogP contribution >= 0.6 is 0 Å². The number of carbonyl (C=O) groups is 4. The van der Waals surface area contributed by atoms with Crippen LogP contribution in [-0.2, 0) is 19.1 Å². The Hall–Kier alpha value is -3.10. The standard InChI is InChI=1S/C26H42N4O5/c1-10-13-30(23(33)19(15-20(27)31)28-24(34)35-26(7,8)9)21(22(32)29-25(4,5)6)18-12-11-16(2)14-17(18)3/h11-12,14,19,21H,10,13,15H2,1-9H3,(H2,27,31)(H,28,34)(H,29,32). The molecule has 9 heteroatoms. The first kappa shape index (κ1) is 29.9. The van der Waals surface area contributed by atoms with Crippen LogP contribution in [0.15, 0.2) is 18.2 Å². The zero-order chi connectivity index (χ0) is 27.1. The van der Waals surface area contributed by atoms with Gasteiger partial charge >= 0.3 is 6.09 Å². The number of carbonyl (C=O) groups excluding carboxylic acids is 4. The molecule has 9 nitrogen and oxygen atoms in total. The lowest BCUT2D eigenvalue weighted by Crippen LogP contribution is -2.55. The number of nitrogens with zero attached hydrogens (tertiary/aromatic N) is 1. The van der Waals surface area contributed by atoms with Crippen LogP contribution in [0.5, 0.6) is 0 Å². The van der Waals surface area contributed by atoms with Crippen molar-refractivity contribution in [3.8, 4) is 0 Å². The minimum atomic E-state index is -1.29. The first-order chi connectivity index (χ1) is 15.9. The molecule has 1 aromatic carbocycles. The number of amides is 4. The van der Waals surface area contributed by atoms with Gasteiger partial charge in [-0.3, -0.25) is 14.4 Å². The predicted octanol–water partition coefficient (Wildman–Crippen LogP) is 3.27. The molecule has 0 aliphatic heterocycles. The Bertz CT molecular complexity index is 931. The van der Waals surface area contributed by atoms with Crippen molar-refractivity contribution < 1.29 is 23.9 Å². The van der Waals surface area contributed by atoms with E-state index < -0.39 is 47.6 Å². The van der Waals surface area contributed by atoms with E-state index in [0.717, 1.165) is 11.1 Å². The first-order valence-electron chi connectivity index (χ1n) is 11.9. The fourth-order valence-electron chi connectivity index (χ4n) is 3.68. The Balaban J connectivity index is 3.54. The van der Waals surface area contributed by atoms with Gasteiger partial charge < -0.3 is 26.0 Å². The van der Waals surface area contributed by atoms with Gasteiger partial charge in [0, 0.05) is 12.1 Å². The van der Waals surface area contributed by atoms with Crippen LogP contribution in [0.25, 0.3) is 0 Å². The molecular weight excluding hydrogens is 448 g/mol. The zero-order valence-corrected chi connectivity index (χ0v) is 22.6. The minimum absolute atomic E-state index is 0.222. The number of nitrogens with two attached hydrogens (primary N) is 1. The third kappa shape index (κ3) is 9.96. The molecule has 1 rings (SSSR count). The number of nitrogens with one attached hydrogen (secondary N) is 2. The van der Waals surface area contributed by atoms with Crippen molar-refractivity contribution in [1.29, 1.82) is 0 Å². The molecule has 2 unspecified atom stereocenters. The van der Waals surface area contributed by atoms with E-state index >= 15 is 0 Å². The van der Waals surface area contributed by atoms with E-state index in [1.807, 2.05) is 59.7 Å². The summed E-state index contributed by atoms with van der Waals surface area (Å²) in [5.74, 6) is -1.72. The molecule has 0 spiro atoms. The Morgan fingerprint density at radius 1 is 1.06 bits per heavy atom. The van der Waals surface area contributed by atoms with E-state index in [0.29, 0.717) is 12.0 Å². The van der Waals surface area contributed by atoms with Crippen molar-refractivity contribution in [2.45, 2.75) is 98.4 Å². The molecule has 0 saturated heterocycles. The molecule has 0 saturated carbocycles. The van der Waals surface area contributed by atoms with E-state index in [-0.39, 0.29) is 12.5 Å². The maximum Gasteiger partial charge on any atom is 0.408 e. The summed E-state index contributed by atoms with van der Waals surface area (Å²) < 4.78 is 5.28. The summed E-state index contributed by atoms with van der Waals surface area (Å²) in [5, 5.41) is 5.44. The number of hydrogen-bond donors (Lipinski definition) is 3. The van der Waals surface area contributed by atoms with Crippen molar-refractivity contribution in [2.75, 3.05) is 6.54 Å². The van der Waals surface area contributed by atoms with E-state index in [2.05, 4.69) is 10.6 Å². The van der Waals surface area contributed by atoms with Crippen molar-refractivity contribution in [3.63, 3.8) is 0 Å². The molecule has 0 aromatic heterocycles. The summed E-state index contributed by atoms with van der Waals surface area (Å²) in [6.07, 6.45) is -0.736. The number of hydrogen-bond acceptors (Lipinski definition) is 5. The number of benzene rings is 1. The van der Waals surface area contributed by atoms with Crippen LogP contribution in [0.2, 0.25) is 0 Å². The highest BCUT2D eigenvalue weighted by atomic mass is 16.6. The normalized spacial score (nSPS) is 13.4. The average Bonchev–Trinajstić information content (AvgIpc) is 2.64. The smallest absolute Gasteiger partial charge is 0.408 e. The van der Waals surface area contributed by atoms with Crippen LogP contribution in [0, 0.1) is 13.8 Å². The molecule has 0 heterocycles. The minimum Gasteiger partial charge on any atom is -0.444 e. The Morgan fingerprint density at radius 3 is 2.11 bits per heavy atom. The molecule has 0 radical (unpaired) electrons. The van der Waals surface area contributed by atoms with Gasteiger partial charge in [0.2, 0.25) is 17.7 Å². The van der Waals surface area contributed by atoms with Crippen LogP contribution in [0.1, 0.15) is 84.0 Å². The average molecular weight is 491 g/mol. The quantitative estimate of drug-likeness (QED) is 0.489. The van der Waals surface area contributed by atoms with E-state index in [1.165, 1.54) is 4.90 Å². The second-order valence-corrected chi connectivity index (χ2v) is 10.9. The molecule has 0 fully saturated rings. The summed E-state index contributed by atoms with van der Waals surface area (Å²) in [4.78, 5) is 53.0. The molecule has 0 aliphatic rings. The zero-order valence-electron chi connectivity index (χ0n) is 22.6. The maximum absolute atomic E-state index is 13.8. The van der Waals surface area contributed by atoms with Gasteiger partial charge in [0.25, 0.3) is 0 Å². The topological polar surface area (TPSA) is 131 Å². The molecule has 4 amide bonds. The summed E-state index contributed by atoms with van der Waals surface area (Å²) in [5.41, 5.74) is 6.58. The highest BCUT2D eigenvalue weighted by molar-refractivity contribution is 5.94. The summed E-state index contributed by atoms with van der Waals surface area (Å²) in [6.45, 7) is 16.6. The van der Waals surface area contributed by atoms with Crippen molar-refractivity contribution in [2.24, 2.45) is 5.73 Å². The molecule has 2 atom stereocenters. The lowest BCUT2D eigenvalue weighted by Gasteiger charge is -2.36. The fraction of sp³-hybridized carbons (Fsp3) is 0.615. The maximum atomic E-state index is 13.8. The van der Waals surface area contributed by atoms with Gasteiger partial charge in [0.05, 0.1) is 6.42 Å². The summed E-state index contributed by atoms with van der Waals surface area (Å²) in [6, 6.07) is 3.40. The molecular formula is C26H42N4O5. The second-order valence-electron chi connectivity index (χ2n) is 10.9. The predicted molar refractivity (Wildman–Crippen MR) is 136 cm³/mol. The van der Waals surface area contributed by atoms with Crippen LogP contribution in [0.4, 0.5) is 4.79 Å². The molecule has 35 heavy (non-hydrogen) atoms. The van der Waals surface area contributed by atoms with Crippen LogP contribution in [-0.4, -0.2) is 52.4 Å². The van der Waals surface area contributed by atoms with Crippen LogP contribution < -0.4 is 16.4 Å². The van der Waals surface area contributed by atoms with Crippen LogP contribution in [0.3, 0.4) is 0 Å². The molecule has 4 N–H and O–H groups in total. The lowest BCUT2D eigenvalue weighted by molar-refractivity contribution is -0.144. The highest BCUT2D eigenvalue weighted by Crippen LogP contribution is 2.27. The van der Waals surface area contributed by atoms with Gasteiger partial charge in [0.15, 0.2) is 0 Å². The first-order valence-corrected chi connectivity index (χ1v) is 11.9. The highest BCUT2D eigenvalue weighted by Gasteiger charge is 2.38. The van der Waals surface area contributed by atoms with E-state index in [4.69, 9.17) is 10.5 Å². The van der Waals surface area contributed by atoms with Gasteiger partial charge in [0.1, 0.15) is 17.7 Å². The largest absolute Gasteiger partial charge is 0.444 e. The van der Waals surface area contributed by atoms with E-state index in [9.17, 15) is 19.2 Å². The molecule has 0 bridgehead atoms. The number of rotatable bonds is 9. The molecule has 0 aliphatic carbocycles. The van der Waals surface area contributed by atoms with Gasteiger partial charge in [-0.15, -0.1) is 0 Å². The van der Waals surface area contributed by atoms with Crippen molar-refractivity contribution >= 4 is 23.8 Å². The monoisotopic (exact) mass is 490 g/mol. The second kappa shape index (κ2) is 12.0.